The second kappa shape index (κ2) is 8.22. The van der Waals surface area contributed by atoms with Crippen molar-refractivity contribution in [3.8, 4) is 5.88 Å². The summed E-state index contributed by atoms with van der Waals surface area (Å²) in [5.41, 5.74) is -0.00948. The molecule has 1 aliphatic heterocycles. The summed E-state index contributed by atoms with van der Waals surface area (Å²) in [6.45, 7) is 3.55. The summed E-state index contributed by atoms with van der Waals surface area (Å²) in [4.78, 5) is 32.6. The maximum atomic E-state index is 12.2. The Hall–Kier alpha value is -1.50. The van der Waals surface area contributed by atoms with Crippen LogP contribution in [0, 0.1) is 0 Å². The van der Waals surface area contributed by atoms with Crippen LogP contribution in [0.4, 0.5) is 0 Å². The first-order valence-electron chi connectivity index (χ1n) is 7.84. The first-order chi connectivity index (χ1) is 10.6. The molecule has 2 N–H and O–H groups in total. The highest BCUT2D eigenvalue weighted by molar-refractivity contribution is 7.99. The van der Waals surface area contributed by atoms with Crippen LogP contribution in [0.3, 0.4) is 0 Å². The zero-order valence-electron chi connectivity index (χ0n) is 12.9. The van der Waals surface area contributed by atoms with Crippen molar-refractivity contribution in [3.63, 3.8) is 0 Å². The molecule has 6 nitrogen and oxygen atoms in total. The van der Waals surface area contributed by atoms with Crippen LogP contribution in [-0.4, -0.2) is 44.7 Å². The van der Waals surface area contributed by atoms with E-state index in [4.69, 9.17) is 0 Å². The number of rotatable bonds is 5. The number of nitrogens with zero attached hydrogens (tertiary/aromatic N) is 2. The van der Waals surface area contributed by atoms with Crippen molar-refractivity contribution in [2.45, 2.75) is 50.6 Å². The number of aromatic amines is 1. The summed E-state index contributed by atoms with van der Waals surface area (Å²) in [6, 6.07) is 0. The third kappa shape index (κ3) is 4.50. The Morgan fingerprint density at radius 2 is 2.00 bits per heavy atom. The number of aromatic hydroxyl groups is 1. The molecule has 1 saturated heterocycles. The second-order valence-corrected chi connectivity index (χ2v) is 6.47. The fourth-order valence-corrected chi connectivity index (χ4v) is 3.31. The predicted molar refractivity (Wildman–Crippen MR) is 86.3 cm³/mol. The Morgan fingerprint density at radius 3 is 2.59 bits per heavy atom. The van der Waals surface area contributed by atoms with E-state index in [-0.39, 0.29) is 23.1 Å². The van der Waals surface area contributed by atoms with Gasteiger partial charge in [0.2, 0.25) is 11.8 Å². The number of hydrogen-bond donors (Lipinski definition) is 2. The van der Waals surface area contributed by atoms with Crippen LogP contribution in [0.2, 0.25) is 0 Å². The van der Waals surface area contributed by atoms with E-state index in [2.05, 4.69) is 9.97 Å². The van der Waals surface area contributed by atoms with Gasteiger partial charge >= 0.3 is 0 Å². The maximum Gasteiger partial charge on any atom is 0.258 e. The normalized spacial score (nSPS) is 15.6. The molecule has 0 saturated carbocycles. The Labute approximate surface area is 134 Å². The number of amides is 1. The van der Waals surface area contributed by atoms with Gasteiger partial charge in [0.1, 0.15) is 0 Å². The highest BCUT2D eigenvalue weighted by Crippen LogP contribution is 2.18. The minimum Gasteiger partial charge on any atom is -0.493 e. The van der Waals surface area contributed by atoms with Crippen LogP contribution in [0.1, 0.15) is 44.6 Å². The standard InChI is InChI=1S/C15H23N3O3S/c1-2-7-11-13(20)16-15(17-14(11)21)22-10-12(19)18-8-5-3-4-6-9-18/h2-10H2,1H3,(H2,16,17,20,21). The summed E-state index contributed by atoms with van der Waals surface area (Å²) in [6.07, 6.45) is 5.72. The number of nitrogens with one attached hydrogen (secondary N) is 1. The lowest BCUT2D eigenvalue weighted by Crippen LogP contribution is -2.33. The van der Waals surface area contributed by atoms with Crippen LogP contribution in [0.5, 0.6) is 5.88 Å². The quantitative estimate of drug-likeness (QED) is 0.638. The average molecular weight is 325 g/mol. The first-order valence-corrected chi connectivity index (χ1v) is 8.83. The molecule has 1 aliphatic rings. The molecular formula is C15H23N3O3S. The molecule has 1 fully saturated rings. The Balaban J connectivity index is 1.96. The number of thioether (sulfide) groups is 1. The van der Waals surface area contributed by atoms with Gasteiger partial charge in [0.05, 0.1) is 11.3 Å². The summed E-state index contributed by atoms with van der Waals surface area (Å²) in [5, 5.41) is 10.1. The van der Waals surface area contributed by atoms with Crippen LogP contribution >= 0.6 is 11.8 Å². The summed E-state index contributed by atoms with van der Waals surface area (Å²) in [5.74, 6) is 0.0668. The molecule has 0 bridgehead atoms. The molecule has 0 aromatic carbocycles. The number of carbonyl (C=O) groups excluding carboxylic acids is 1. The molecule has 0 atom stereocenters. The third-order valence-corrected chi connectivity index (χ3v) is 4.62. The van der Waals surface area contributed by atoms with Gasteiger partial charge in [0.15, 0.2) is 5.16 Å². The van der Waals surface area contributed by atoms with Crippen LogP contribution < -0.4 is 5.56 Å². The lowest BCUT2D eigenvalue weighted by atomic mass is 10.2. The van der Waals surface area contributed by atoms with Crippen molar-refractivity contribution < 1.29 is 9.90 Å². The van der Waals surface area contributed by atoms with Crippen molar-refractivity contribution in [2.24, 2.45) is 0 Å². The van der Waals surface area contributed by atoms with Gasteiger partial charge in [-0.15, -0.1) is 0 Å². The summed E-state index contributed by atoms with van der Waals surface area (Å²) >= 11 is 1.17. The fraction of sp³-hybridized carbons (Fsp3) is 0.667. The molecule has 22 heavy (non-hydrogen) atoms. The number of carbonyl (C=O) groups is 1. The molecule has 7 heteroatoms. The van der Waals surface area contributed by atoms with E-state index in [1.165, 1.54) is 24.6 Å². The van der Waals surface area contributed by atoms with Gasteiger partial charge < -0.3 is 15.0 Å². The smallest absolute Gasteiger partial charge is 0.258 e. The van der Waals surface area contributed by atoms with Crippen molar-refractivity contribution in [2.75, 3.05) is 18.8 Å². The van der Waals surface area contributed by atoms with Gasteiger partial charge in [-0.25, -0.2) is 0 Å². The van der Waals surface area contributed by atoms with Gasteiger partial charge in [-0.1, -0.05) is 37.9 Å². The fourth-order valence-electron chi connectivity index (χ4n) is 2.55. The summed E-state index contributed by atoms with van der Waals surface area (Å²) in [7, 11) is 0. The second-order valence-electron chi connectivity index (χ2n) is 5.51. The Morgan fingerprint density at radius 1 is 1.32 bits per heavy atom. The molecule has 122 valence electrons. The third-order valence-electron chi connectivity index (χ3n) is 3.76. The van der Waals surface area contributed by atoms with Crippen molar-refractivity contribution in [3.05, 3.63) is 15.9 Å². The topological polar surface area (TPSA) is 86.3 Å². The van der Waals surface area contributed by atoms with Gasteiger partial charge in [-0.3, -0.25) is 9.59 Å². The molecule has 2 heterocycles. The van der Waals surface area contributed by atoms with E-state index in [1.54, 1.807) is 0 Å². The van der Waals surface area contributed by atoms with Crippen molar-refractivity contribution in [1.29, 1.82) is 0 Å². The molecule has 0 aliphatic carbocycles. The Kier molecular flexibility index (Phi) is 6.30. The lowest BCUT2D eigenvalue weighted by Gasteiger charge is -2.19. The zero-order chi connectivity index (χ0) is 15.9. The molecule has 0 unspecified atom stereocenters. The molecule has 1 aromatic heterocycles. The number of hydrogen-bond acceptors (Lipinski definition) is 5. The van der Waals surface area contributed by atoms with Crippen molar-refractivity contribution >= 4 is 17.7 Å². The van der Waals surface area contributed by atoms with E-state index in [0.717, 1.165) is 32.4 Å². The van der Waals surface area contributed by atoms with E-state index in [9.17, 15) is 14.7 Å². The van der Waals surface area contributed by atoms with E-state index in [1.807, 2.05) is 11.8 Å². The summed E-state index contributed by atoms with van der Waals surface area (Å²) < 4.78 is 0. The molecule has 1 amide bonds. The van der Waals surface area contributed by atoms with Gasteiger partial charge in [-0.2, -0.15) is 4.98 Å². The molecular weight excluding hydrogens is 302 g/mol. The van der Waals surface area contributed by atoms with Crippen LogP contribution in [0.25, 0.3) is 0 Å². The van der Waals surface area contributed by atoms with Gasteiger partial charge in [0, 0.05) is 13.1 Å². The van der Waals surface area contributed by atoms with Gasteiger partial charge in [0.25, 0.3) is 5.56 Å². The highest BCUT2D eigenvalue weighted by atomic mass is 32.2. The molecule has 0 radical (unpaired) electrons. The minimum atomic E-state index is -0.320. The highest BCUT2D eigenvalue weighted by Gasteiger charge is 2.17. The van der Waals surface area contributed by atoms with E-state index in [0.29, 0.717) is 17.1 Å². The molecule has 0 spiro atoms. The minimum absolute atomic E-state index is 0.0617. The van der Waals surface area contributed by atoms with E-state index < -0.39 is 0 Å². The molecule has 2 rings (SSSR count). The number of likely N-dealkylation sites (tertiary alicyclic amines) is 1. The predicted octanol–water partition coefficient (Wildman–Crippen LogP) is 1.92. The van der Waals surface area contributed by atoms with Crippen LogP contribution in [-0.2, 0) is 11.2 Å². The van der Waals surface area contributed by atoms with Crippen LogP contribution in [0.15, 0.2) is 9.95 Å². The van der Waals surface area contributed by atoms with Crippen molar-refractivity contribution in [1.82, 2.24) is 14.9 Å². The first kappa shape index (κ1) is 16.9. The monoisotopic (exact) mass is 325 g/mol. The average Bonchev–Trinajstić information content (AvgIpc) is 2.77. The SMILES string of the molecule is CCCc1c(O)nc(SCC(=O)N2CCCCCC2)[nH]c1=O. The largest absolute Gasteiger partial charge is 0.493 e. The number of H-pyrrole nitrogens is 1. The maximum absolute atomic E-state index is 12.2. The zero-order valence-corrected chi connectivity index (χ0v) is 13.7. The molecule has 1 aromatic rings. The number of aromatic nitrogens is 2. The lowest BCUT2D eigenvalue weighted by molar-refractivity contribution is -0.128. The van der Waals surface area contributed by atoms with Gasteiger partial charge in [-0.05, 0) is 19.3 Å². The van der Waals surface area contributed by atoms with E-state index >= 15 is 0 Å². The Bertz CT molecular complexity index is 566.